The SMILES string of the molecule is CCOC(=O)c1nc(-c2ccccc2Oc2ccc(F)cc2O)no1. The van der Waals surface area contributed by atoms with Crippen LogP contribution in [0, 0.1) is 5.82 Å². The molecule has 0 saturated heterocycles. The molecule has 8 heteroatoms. The summed E-state index contributed by atoms with van der Waals surface area (Å²) in [6.07, 6.45) is 0. The van der Waals surface area contributed by atoms with Gasteiger partial charge in [0.25, 0.3) is 0 Å². The summed E-state index contributed by atoms with van der Waals surface area (Å²) in [4.78, 5) is 15.6. The summed E-state index contributed by atoms with van der Waals surface area (Å²) in [5.74, 6) is -1.48. The van der Waals surface area contributed by atoms with E-state index in [1.807, 2.05) is 0 Å². The lowest BCUT2D eigenvalue weighted by atomic mass is 10.2. The molecule has 0 atom stereocenters. The highest BCUT2D eigenvalue weighted by Gasteiger charge is 2.19. The predicted octanol–water partition coefficient (Wildman–Crippen LogP) is 3.55. The van der Waals surface area contributed by atoms with Crippen molar-refractivity contribution in [2.24, 2.45) is 0 Å². The molecule has 25 heavy (non-hydrogen) atoms. The van der Waals surface area contributed by atoms with Gasteiger partial charge in [-0.15, -0.1) is 0 Å². The van der Waals surface area contributed by atoms with Crippen LogP contribution in [0.3, 0.4) is 0 Å². The summed E-state index contributed by atoms with van der Waals surface area (Å²) in [6.45, 7) is 1.84. The van der Waals surface area contributed by atoms with Gasteiger partial charge < -0.3 is 19.1 Å². The number of halogens is 1. The second-order valence-corrected chi connectivity index (χ2v) is 4.85. The third-order valence-corrected chi connectivity index (χ3v) is 3.14. The number of esters is 1. The maximum absolute atomic E-state index is 13.1. The van der Waals surface area contributed by atoms with Crippen molar-refractivity contribution >= 4 is 5.97 Å². The van der Waals surface area contributed by atoms with E-state index < -0.39 is 11.8 Å². The molecule has 0 spiro atoms. The molecule has 1 aromatic heterocycles. The van der Waals surface area contributed by atoms with Crippen molar-refractivity contribution in [3.8, 4) is 28.6 Å². The van der Waals surface area contributed by atoms with Gasteiger partial charge in [-0.3, -0.25) is 0 Å². The fourth-order valence-corrected chi connectivity index (χ4v) is 2.04. The van der Waals surface area contributed by atoms with Crippen LogP contribution in [0.4, 0.5) is 4.39 Å². The number of ether oxygens (including phenoxy) is 2. The first kappa shape index (κ1) is 16.4. The van der Waals surface area contributed by atoms with Crippen LogP contribution in [0.2, 0.25) is 0 Å². The number of para-hydroxylation sites is 1. The molecule has 7 nitrogen and oxygen atoms in total. The number of aromatic nitrogens is 2. The van der Waals surface area contributed by atoms with Crippen molar-refractivity contribution in [1.29, 1.82) is 0 Å². The number of hydrogen-bond acceptors (Lipinski definition) is 7. The Morgan fingerprint density at radius 1 is 1.24 bits per heavy atom. The highest BCUT2D eigenvalue weighted by molar-refractivity contribution is 5.84. The lowest BCUT2D eigenvalue weighted by Crippen LogP contribution is -2.04. The molecule has 2 aromatic carbocycles. The monoisotopic (exact) mass is 344 g/mol. The Bertz CT molecular complexity index is 910. The zero-order valence-corrected chi connectivity index (χ0v) is 13.1. The van der Waals surface area contributed by atoms with Crippen molar-refractivity contribution in [1.82, 2.24) is 10.1 Å². The summed E-state index contributed by atoms with van der Waals surface area (Å²) >= 11 is 0. The molecule has 0 radical (unpaired) electrons. The zero-order chi connectivity index (χ0) is 17.8. The second kappa shape index (κ2) is 7.00. The van der Waals surface area contributed by atoms with Crippen LogP contribution in [0.15, 0.2) is 47.0 Å². The molecule has 0 saturated carbocycles. The van der Waals surface area contributed by atoms with Gasteiger partial charge >= 0.3 is 11.9 Å². The van der Waals surface area contributed by atoms with E-state index in [4.69, 9.17) is 14.0 Å². The largest absolute Gasteiger partial charge is 0.504 e. The molecule has 1 N–H and O–H groups in total. The number of aromatic hydroxyl groups is 1. The summed E-state index contributed by atoms with van der Waals surface area (Å²) in [5.41, 5.74) is 0.422. The van der Waals surface area contributed by atoms with Gasteiger partial charge in [-0.1, -0.05) is 17.3 Å². The maximum Gasteiger partial charge on any atom is 0.397 e. The number of hydrogen-bond donors (Lipinski definition) is 1. The van der Waals surface area contributed by atoms with Crippen LogP contribution < -0.4 is 4.74 Å². The Hall–Kier alpha value is -3.42. The lowest BCUT2D eigenvalue weighted by Gasteiger charge is -2.10. The number of nitrogens with zero attached hydrogens (tertiary/aromatic N) is 2. The van der Waals surface area contributed by atoms with E-state index in [2.05, 4.69) is 10.1 Å². The smallest absolute Gasteiger partial charge is 0.397 e. The molecule has 128 valence electrons. The number of benzene rings is 2. The Morgan fingerprint density at radius 3 is 2.80 bits per heavy atom. The Morgan fingerprint density at radius 2 is 2.04 bits per heavy atom. The van der Waals surface area contributed by atoms with E-state index in [1.165, 1.54) is 6.07 Å². The Balaban J connectivity index is 1.92. The first-order valence-electron chi connectivity index (χ1n) is 7.35. The van der Waals surface area contributed by atoms with Crippen molar-refractivity contribution in [2.75, 3.05) is 6.61 Å². The van der Waals surface area contributed by atoms with Gasteiger partial charge in [-0.2, -0.15) is 4.98 Å². The summed E-state index contributed by atoms with van der Waals surface area (Å²) in [5, 5.41) is 13.5. The standard InChI is InChI=1S/C17H13FN2O5/c1-2-23-17(22)16-19-15(20-25-16)11-5-3-4-6-13(11)24-14-8-7-10(18)9-12(14)21/h3-9,21H,2H2,1H3. The first-order chi connectivity index (χ1) is 12.1. The van der Waals surface area contributed by atoms with Gasteiger partial charge in [0, 0.05) is 6.07 Å². The van der Waals surface area contributed by atoms with Gasteiger partial charge in [0.2, 0.25) is 5.82 Å². The quantitative estimate of drug-likeness (QED) is 0.707. The van der Waals surface area contributed by atoms with E-state index in [0.717, 1.165) is 12.1 Å². The van der Waals surface area contributed by atoms with E-state index >= 15 is 0 Å². The predicted molar refractivity (Wildman–Crippen MR) is 83.8 cm³/mol. The van der Waals surface area contributed by atoms with E-state index in [9.17, 15) is 14.3 Å². The molecule has 1 heterocycles. The molecule has 0 fully saturated rings. The van der Waals surface area contributed by atoms with Gasteiger partial charge in [0.15, 0.2) is 11.5 Å². The second-order valence-electron chi connectivity index (χ2n) is 4.85. The van der Waals surface area contributed by atoms with Crippen LogP contribution >= 0.6 is 0 Å². The Labute approximate surface area is 141 Å². The van der Waals surface area contributed by atoms with E-state index in [1.54, 1.807) is 31.2 Å². The fourth-order valence-electron chi connectivity index (χ4n) is 2.04. The molecule has 0 aliphatic carbocycles. The van der Waals surface area contributed by atoms with Gasteiger partial charge in [-0.25, -0.2) is 9.18 Å². The van der Waals surface area contributed by atoms with Gasteiger partial charge in [-0.05, 0) is 31.2 Å². The molecule has 0 aliphatic heterocycles. The summed E-state index contributed by atoms with van der Waals surface area (Å²) < 4.78 is 28.4. The third-order valence-electron chi connectivity index (χ3n) is 3.14. The molecule has 0 unspecified atom stereocenters. The molecule has 0 bridgehead atoms. The topological polar surface area (TPSA) is 94.7 Å². The van der Waals surface area contributed by atoms with Crippen molar-refractivity contribution in [2.45, 2.75) is 6.92 Å². The number of rotatable bonds is 5. The maximum atomic E-state index is 13.1. The number of phenols is 1. The summed E-state index contributed by atoms with van der Waals surface area (Å²) in [6, 6.07) is 10.1. The number of phenolic OH excluding ortho intramolecular Hbond substituents is 1. The lowest BCUT2D eigenvalue weighted by molar-refractivity contribution is 0.0470. The molecule has 3 aromatic rings. The van der Waals surface area contributed by atoms with Gasteiger partial charge in [0.1, 0.15) is 11.6 Å². The molecule has 0 amide bonds. The normalized spacial score (nSPS) is 10.5. The number of carbonyl (C=O) groups excluding carboxylic acids is 1. The van der Waals surface area contributed by atoms with Crippen LogP contribution in [-0.4, -0.2) is 27.8 Å². The molecular formula is C17H13FN2O5. The minimum atomic E-state index is -0.726. The third kappa shape index (κ3) is 3.57. The van der Waals surface area contributed by atoms with Crippen molar-refractivity contribution < 1.29 is 28.3 Å². The van der Waals surface area contributed by atoms with Crippen LogP contribution in [-0.2, 0) is 4.74 Å². The average Bonchev–Trinajstić information content (AvgIpc) is 3.08. The highest BCUT2D eigenvalue weighted by Crippen LogP contribution is 2.35. The van der Waals surface area contributed by atoms with Crippen LogP contribution in [0.25, 0.3) is 11.4 Å². The first-order valence-corrected chi connectivity index (χ1v) is 7.35. The zero-order valence-electron chi connectivity index (χ0n) is 13.1. The van der Waals surface area contributed by atoms with Gasteiger partial charge in [0.05, 0.1) is 12.2 Å². The number of carbonyl (C=O) groups is 1. The van der Waals surface area contributed by atoms with E-state index in [0.29, 0.717) is 11.3 Å². The van der Waals surface area contributed by atoms with Crippen molar-refractivity contribution in [3.05, 3.63) is 54.2 Å². The van der Waals surface area contributed by atoms with Crippen LogP contribution in [0.5, 0.6) is 17.2 Å². The fraction of sp³-hybridized carbons (Fsp3) is 0.118. The van der Waals surface area contributed by atoms with Crippen LogP contribution in [0.1, 0.15) is 17.6 Å². The average molecular weight is 344 g/mol. The molecular weight excluding hydrogens is 331 g/mol. The molecule has 0 aliphatic rings. The minimum Gasteiger partial charge on any atom is -0.504 e. The van der Waals surface area contributed by atoms with E-state index in [-0.39, 0.29) is 29.8 Å². The molecule has 3 rings (SSSR count). The van der Waals surface area contributed by atoms with Crippen molar-refractivity contribution in [3.63, 3.8) is 0 Å². The minimum absolute atomic E-state index is 0.0583. The summed E-state index contributed by atoms with van der Waals surface area (Å²) in [7, 11) is 0. The Kier molecular flexibility index (Phi) is 4.60. The highest BCUT2D eigenvalue weighted by atomic mass is 19.1.